The molecule has 0 bridgehead atoms. The molecule has 0 aliphatic heterocycles. The van der Waals surface area contributed by atoms with E-state index in [9.17, 15) is 17.6 Å². The number of benzene rings is 1. The lowest BCUT2D eigenvalue weighted by Gasteiger charge is -2.15. The van der Waals surface area contributed by atoms with E-state index >= 15 is 0 Å². The minimum Gasteiger partial charge on any atom is -0.479 e. The van der Waals surface area contributed by atoms with Gasteiger partial charge in [-0.3, -0.25) is 9.48 Å². The van der Waals surface area contributed by atoms with Gasteiger partial charge in [0.2, 0.25) is 0 Å². The molecule has 142 valence electrons. The van der Waals surface area contributed by atoms with Gasteiger partial charge >= 0.3 is 0 Å². The molecule has 7 nitrogen and oxygen atoms in total. The fourth-order valence-corrected chi connectivity index (χ4v) is 4.13. The molecule has 0 saturated carbocycles. The van der Waals surface area contributed by atoms with Crippen LogP contribution in [0.5, 0.6) is 5.75 Å². The second-order valence-corrected chi connectivity index (χ2v) is 8.22. The molecule has 0 aliphatic rings. The predicted molar refractivity (Wildman–Crippen MR) is 95.9 cm³/mol. The summed E-state index contributed by atoms with van der Waals surface area (Å²) >= 11 is 12.1. The average molecular weight is 424 g/mol. The van der Waals surface area contributed by atoms with Crippen molar-refractivity contribution >= 4 is 38.9 Å². The number of hydrogen-bond acceptors (Lipinski definition) is 5. The number of nitrogens with zero attached hydrogens (tertiary/aromatic N) is 2. The third-order valence-electron chi connectivity index (χ3n) is 3.49. The molecule has 0 saturated heterocycles. The first kappa shape index (κ1) is 20.5. The zero-order valence-electron chi connectivity index (χ0n) is 14.3. The van der Waals surface area contributed by atoms with E-state index in [1.54, 1.807) is 0 Å². The van der Waals surface area contributed by atoms with Gasteiger partial charge in [0.25, 0.3) is 5.91 Å². The highest BCUT2D eigenvalue weighted by atomic mass is 35.5. The van der Waals surface area contributed by atoms with E-state index in [4.69, 9.17) is 27.9 Å². The molecule has 0 radical (unpaired) electrons. The van der Waals surface area contributed by atoms with Crippen molar-refractivity contribution in [2.24, 2.45) is 7.05 Å². The van der Waals surface area contributed by atoms with Gasteiger partial charge in [-0.25, -0.2) is 12.8 Å². The highest BCUT2D eigenvalue weighted by molar-refractivity contribution is 7.90. The fraction of sp³-hybridized carbons (Fsp3) is 0.333. The van der Waals surface area contributed by atoms with Gasteiger partial charge in [-0.05, 0) is 19.1 Å². The van der Waals surface area contributed by atoms with E-state index in [1.807, 2.05) is 0 Å². The summed E-state index contributed by atoms with van der Waals surface area (Å²) in [7, 11) is -0.856. The Morgan fingerprint density at radius 1 is 1.38 bits per heavy atom. The van der Waals surface area contributed by atoms with Gasteiger partial charge in [0.15, 0.2) is 21.0 Å². The zero-order valence-corrected chi connectivity index (χ0v) is 16.6. The summed E-state index contributed by atoms with van der Waals surface area (Å²) in [6.45, 7) is 1.49. The van der Waals surface area contributed by atoms with Crippen LogP contribution in [0.2, 0.25) is 10.0 Å². The SMILES string of the molecule is CNC(=O)C(C)Oc1cc(-c2nn(C)c(S(C)(=O)=O)c2Cl)c(F)cc1Cl. The smallest absolute Gasteiger partial charge is 0.260 e. The molecule has 0 fully saturated rings. The highest BCUT2D eigenvalue weighted by Crippen LogP contribution is 2.38. The Bertz CT molecular complexity index is 976. The summed E-state index contributed by atoms with van der Waals surface area (Å²) in [5.41, 5.74) is -0.190. The molecular formula is C15H16Cl2FN3O4S. The number of sulfone groups is 1. The van der Waals surface area contributed by atoms with E-state index in [-0.39, 0.29) is 32.1 Å². The van der Waals surface area contributed by atoms with E-state index in [1.165, 1.54) is 27.1 Å². The van der Waals surface area contributed by atoms with Gasteiger partial charge in [0, 0.05) is 25.9 Å². The van der Waals surface area contributed by atoms with Gasteiger partial charge in [0.1, 0.15) is 22.3 Å². The molecule has 2 aromatic rings. The van der Waals surface area contributed by atoms with E-state index < -0.39 is 27.7 Å². The maximum Gasteiger partial charge on any atom is 0.260 e. The van der Waals surface area contributed by atoms with Gasteiger partial charge in [0.05, 0.1) is 5.02 Å². The normalized spacial score (nSPS) is 12.7. The molecule has 1 unspecified atom stereocenters. The lowest BCUT2D eigenvalue weighted by molar-refractivity contribution is -0.126. The molecule has 0 spiro atoms. The summed E-state index contributed by atoms with van der Waals surface area (Å²) in [6.07, 6.45) is 0.0823. The van der Waals surface area contributed by atoms with Crippen molar-refractivity contribution in [3.63, 3.8) is 0 Å². The molecule has 1 amide bonds. The number of carbonyl (C=O) groups is 1. The summed E-state index contributed by atoms with van der Waals surface area (Å²) in [5, 5.41) is 5.89. The van der Waals surface area contributed by atoms with Crippen LogP contribution in [-0.4, -0.2) is 43.5 Å². The van der Waals surface area contributed by atoms with Crippen molar-refractivity contribution in [3.8, 4) is 17.0 Å². The van der Waals surface area contributed by atoms with Gasteiger partial charge in [-0.2, -0.15) is 5.10 Å². The van der Waals surface area contributed by atoms with Crippen molar-refractivity contribution in [3.05, 3.63) is 28.0 Å². The number of aryl methyl sites for hydroxylation is 1. The number of likely N-dealkylation sites (N-methyl/N-ethyl adjacent to an activating group) is 1. The molecule has 1 N–H and O–H groups in total. The Morgan fingerprint density at radius 3 is 2.50 bits per heavy atom. The third kappa shape index (κ3) is 3.94. The van der Waals surface area contributed by atoms with E-state index in [0.717, 1.165) is 17.0 Å². The van der Waals surface area contributed by atoms with Gasteiger partial charge in [-0.1, -0.05) is 23.2 Å². The van der Waals surface area contributed by atoms with Crippen LogP contribution in [0.25, 0.3) is 11.3 Å². The topological polar surface area (TPSA) is 90.3 Å². The number of hydrogen-bond donors (Lipinski definition) is 1. The Hall–Kier alpha value is -1.84. The number of nitrogens with one attached hydrogen (secondary N) is 1. The van der Waals surface area contributed by atoms with Crippen LogP contribution in [0.1, 0.15) is 6.92 Å². The molecule has 1 aromatic carbocycles. The largest absolute Gasteiger partial charge is 0.479 e. The van der Waals surface area contributed by atoms with Crippen molar-refractivity contribution in [2.45, 2.75) is 18.1 Å². The first-order chi connectivity index (χ1) is 12.0. The second-order valence-electron chi connectivity index (χ2n) is 5.50. The van der Waals surface area contributed by atoms with Crippen LogP contribution < -0.4 is 10.1 Å². The van der Waals surface area contributed by atoms with E-state index in [0.29, 0.717) is 0 Å². The number of rotatable bonds is 5. The molecule has 1 atom stereocenters. The monoisotopic (exact) mass is 423 g/mol. The van der Waals surface area contributed by atoms with Crippen molar-refractivity contribution < 1.29 is 22.3 Å². The number of ether oxygens (including phenoxy) is 1. The van der Waals surface area contributed by atoms with Crippen molar-refractivity contribution in [1.29, 1.82) is 0 Å². The Balaban J connectivity index is 2.58. The maximum absolute atomic E-state index is 14.4. The fourth-order valence-electron chi connectivity index (χ4n) is 2.31. The number of aromatic nitrogens is 2. The minimum absolute atomic E-state index is 0.0294. The van der Waals surface area contributed by atoms with Crippen LogP contribution >= 0.6 is 23.2 Å². The first-order valence-electron chi connectivity index (χ1n) is 7.27. The molecule has 2 rings (SSSR count). The predicted octanol–water partition coefficient (Wildman–Crippen LogP) is 2.45. The quantitative estimate of drug-likeness (QED) is 0.797. The zero-order chi connectivity index (χ0) is 19.8. The summed E-state index contributed by atoms with van der Waals surface area (Å²) in [5.74, 6) is -1.14. The Labute approximate surface area is 160 Å². The second kappa shape index (κ2) is 7.42. The first-order valence-corrected chi connectivity index (χ1v) is 9.92. The van der Waals surface area contributed by atoms with Crippen molar-refractivity contribution in [1.82, 2.24) is 15.1 Å². The van der Waals surface area contributed by atoms with Gasteiger partial charge in [-0.15, -0.1) is 0 Å². The molecule has 1 heterocycles. The highest BCUT2D eigenvalue weighted by Gasteiger charge is 2.26. The number of carbonyl (C=O) groups excluding carboxylic acids is 1. The summed E-state index contributed by atoms with van der Waals surface area (Å²) in [6, 6.07) is 2.20. The molecule has 11 heteroatoms. The third-order valence-corrected chi connectivity index (χ3v) is 5.42. The number of halogens is 3. The molecule has 26 heavy (non-hydrogen) atoms. The Kier molecular flexibility index (Phi) is 5.84. The summed E-state index contributed by atoms with van der Waals surface area (Å²) < 4.78 is 44.6. The van der Waals surface area contributed by atoms with Crippen molar-refractivity contribution in [2.75, 3.05) is 13.3 Å². The van der Waals surface area contributed by atoms with E-state index in [2.05, 4.69) is 10.4 Å². The lowest BCUT2D eigenvalue weighted by atomic mass is 10.1. The van der Waals surface area contributed by atoms with Gasteiger partial charge < -0.3 is 10.1 Å². The minimum atomic E-state index is -3.68. The Morgan fingerprint density at radius 2 is 2.00 bits per heavy atom. The number of amides is 1. The molecular weight excluding hydrogens is 408 g/mol. The molecule has 1 aromatic heterocycles. The summed E-state index contributed by atoms with van der Waals surface area (Å²) in [4.78, 5) is 11.6. The van der Waals surface area contributed by atoms with Crippen LogP contribution in [0.15, 0.2) is 17.2 Å². The lowest BCUT2D eigenvalue weighted by Crippen LogP contribution is -2.33. The molecule has 0 aliphatic carbocycles. The van der Waals surface area contributed by atoms with Crippen LogP contribution in [0, 0.1) is 5.82 Å². The van der Waals surface area contributed by atoms with Crippen LogP contribution in [0.4, 0.5) is 4.39 Å². The maximum atomic E-state index is 14.4. The average Bonchev–Trinajstić information content (AvgIpc) is 2.83. The standard InChI is InChI=1S/C15H16Cl2FN3O4S/c1-7(14(22)19-2)25-11-5-8(10(18)6-9(11)16)13-12(17)15(21(3)20-13)26(4,23)24/h5-7H,1-4H3,(H,19,22). The van der Waals surface area contributed by atoms with Crippen LogP contribution in [0.3, 0.4) is 0 Å². The van der Waals surface area contributed by atoms with Crippen LogP contribution in [-0.2, 0) is 21.7 Å².